The van der Waals surface area contributed by atoms with Gasteiger partial charge in [-0.3, -0.25) is 9.59 Å². The first-order valence-electron chi connectivity index (χ1n) is 7.11. The fourth-order valence-electron chi connectivity index (χ4n) is 1.74. The monoisotopic (exact) mass is 292 g/mol. The van der Waals surface area contributed by atoms with Gasteiger partial charge in [-0.15, -0.1) is 0 Å². The molecule has 6 heteroatoms. The normalized spacial score (nSPS) is 10.9. The van der Waals surface area contributed by atoms with Crippen LogP contribution in [-0.4, -0.2) is 36.9 Å². The lowest BCUT2D eigenvalue weighted by Gasteiger charge is -2.22. The molecule has 0 aliphatic heterocycles. The van der Waals surface area contributed by atoms with Crippen LogP contribution in [-0.2, 0) is 4.79 Å². The lowest BCUT2D eigenvalue weighted by molar-refractivity contribution is -0.128. The van der Waals surface area contributed by atoms with Crippen LogP contribution in [0.4, 0.5) is 5.82 Å². The number of carbonyl (C=O) groups excluding carboxylic acids is 2. The molecule has 0 atom stereocenters. The van der Waals surface area contributed by atoms with Crippen molar-refractivity contribution in [2.75, 3.05) is 25.5 Å². The minimum Gasteiger partial charge on any atom is -0.370 e. The van der Waals surface area contributed by atoms with Gasteiger partial charge in [0.15, 0.2) is 0 Å². The summed E-state index contributed by atoms with van der Waals surface area (Å²) in [7, 11) is 1.58. The molecule has 2 amide bonds. The van der Waals surface area contributed by atoms with Gasteiger partial charge < -0.3 is 16.0 Å². The van der Waals surface area contributed by atoms with Crippen molar-refractivity contribution in [2.24, 2.45) is 5.41 Å². The Labute approximate surface area is 125 Å². The minimum atomic E-state index is -0.652. The zero-order chi connectivity index (χ0) is 15.9. The first kappa shape index (κ1) is 16.9. The van der Waals surface area contributed by atoms with Crippen molar-refractivity contribution >= 4 is 17.6 Å². The molecule has 3 N–H and O–H groups in total. The third kappa shape index (κ3) is 5.06. The molecule has 1 rings (SSSR count). The largest absolute Gasteiger partial charge is 0.370 e. The Morgan fingerprint density at radius 2 is 2.05 bits per heavy atom. The topological polar surface area (TPSA) is 83.1 Å². The molecule has 0 fully saturated rings. The van der Waals surface area contributed by atoms with Crippen molar-refractivity contribution < 1.29 is 9.59 Å². The van der Waals surface area contributed by atoms with E-state index in [1.54, 1.807) is 39.2 Å². The Morgan fingerprint density at radius 1 is 1.33 bits per heavy atom. The standard InChI is InChI=1S/C15H24N4O2/c1-5-7-17-12-9-11(6-8-18-12)13(20)19-10-15(2,3)14(21)16-4/h6,8-9H,5,7,10H2,1-4H3,(H,16,21)(H,17,18)(H,19,20). The Bertz CT molecular complexity index is 500. The molecule has 1 aromatic rings. The van der Waals surface area contributed by atoms with Gasteiger partial charge in [-0.25, -0.2) is 4.98 Å². The third-order valence-electron chi connectivity index (χ3n) is 3.11. The molecule has 0 radical (unpaired) electrons. The van der Waals surface area contributed by atoms with Crippen molar-refractivity contribution in [3.8, 4) is 0 Å². The van der Waals surface area contributed by atoms with Gasteiger partial charge in [-0.05, 0) is 32.4 Å². The van der Waals surface area contributed by atoms with E-state index in [1.807, 2.05) is 0 Å². The van der Waals surface area contributed by atoms with Crippen LogP contribution in [0.3, 0.4) is 0 Å². The van der Waals surface area contributed by atoms with Crippen LogP contribution in [0.25, 0.3) is 0 Å². The van der Waals surface area contributed by atoms with E-state index in [4.69, 9.17) is 0 Å². The van der Waals surface area contributed by atoms with Gasteiger partial charge in [0.05, 0.1) is 5.41 Å². The second-order valence-corrected chi connectivity index (χ2v) is 5.50. The Kier molecular flexibility index (Phi) is 6.14. The molecule has 0 aliphatic rings. The van der Waals surface area contributed by atoms with Gasteiger partial charge >= 0.3 is 0 Å². The molecule has 0 aromatic carbocycles. The van der Waals surface area contributed by atoms with Gasteiger partial charge in [-0.1, -0.05) is 6.92 Å². The molecule has 21 heavy (non-hydrogen) atoms. The minimum absolute atomic E-state index is 0.108. The van der Waals surface area contributed by atoms with Crippen molar-refractivity contribution in [1.29, 1.82) is 0 Å². The summed E-state index contributed by atoms with van der Waals surface area (Å²) in [5, 5.41) is 8.51. The molecule has 0 saturated carbocycles. The molecule has 6 nitrogen and oxygen atoms in total. The Balaban J connectivity index is 2.65. The first-order chi connectivity index (χ1) is 9.90. The quantitative estimate of drug-likeness (QED) is 0.709. The van der Waals surface area contributed by atoms with E-state index >= 15 is 0 Å². The van der Waals surface area contributed by atoms with Crippen LogP contribution in [0.15, 0.2) is 18.3 Å². The van der Waals surface area contributed by atoms with Crippen LogP contribution < -0.4 is 16.0 Å². The summed E-state index contributed by atoms with van der Waals surface area (Å²) in [5.41, 5.74) is -0.128. The van der Waals surface area contributed by atoms with E-state index in [0.717, 1.165) is 13.0 Å². The van der Waals surface area contributed by atoms with E-state index in [-0.39, 0.29) is 18.4 Å². The zero-order valence-electron chi connectivity index (χ0n) is 13.1. The van der Waals surface area contributed by atoms with Gasteiger partial charge in [0, 0.05) is 31.9 Å². The van der Waals surface area contributed by atoms with Crippen LogP contribution in [0, 0.1) is 5.41 Å². The number of hydrogen-bond donors (Lipinski definition) is 3. The smallest absolute Gasteiger partial charge is 0.251 e. The number of aromatic nitrogens is 1. The Morgan fingerprint density at radius 3 is 2.67 bits per heavy atom. The molecular weight excluding hydrogens is 268 g/mol. The molecule has 1 heterocycles. The fraction of sp³-hybridized carbons (Fsp3) is 0.533. The highest BCUT2D eigenvalue weighted by Gasteiger charge is 2.27. The number of hydrogen-bond acceptors (Lipinski definition) is 4. The maximum Gasteiger partial charge on any atom is 0.251 e. The molecule has 0 aliphatic carbocycles. The number of nitrogens with one attached hydrogen (secondary N) is 3. The highest BCUT2D eigenvalue weighted by atomic mass is 16.2. The number of nitrogens with zero attached hydrogens (tertiary/aromatic N) is 1. The van der Waals surface area contributed by atoms with Gasteiger partial charge in [0.1, 0.15) is 5.82 Å². The van der Waals surface area contributed by atoms with Gasteiger partial charge in [-0.2, -0.15) is 0 Å². The summed E-state index contributed by atoms with van der Waals surface area (Å²) < 4.78 is 0. The van der Waals surface area contributed by atoms with E-state index in [1.165, 1.54) is 0 Å². The predicted octanol–water partition coefficient (Wildman–Crippen LogP) is 1.41. The van der Waals surface area contributed by atoms with Crippen LogP contribution in [0.5, 0.6) is 0 Å². The number of amides is 2. The molecule has 0 unspecified atom stereocenters. The molecule has 0 saturated heterocycles. The fourth-order valence-corrected chi connectivity index (χ4v) is 1.74. The summed E-state index contributed by atoms with van der Waals surface area (Å²) in [6.07, 6.45) is 2.58. The van der Waals surface area contributed by atoms with Crippen LogP contribution >= 0.6 is 0 Å². The van der Waals surface area contributed by atoms with Crippen molar-refractivity contribution in [3.63, 3.8) is 0 Å². The van der Waals surface area contributed by atoms with Crippen LogP contribution in [0.1, 0.15) is 37.6 Å². The van der Waals surface area contributed by atoms with Crippen molar-refractivity contribution in [3.05, 3.63) is 23.9 Å². The zero-order valence-corrected chi connectivity index (χ0v) is 13.1. The first-order valence-corrected chi connectivity index (χ1v) is 7.11. The Hall–Kier alpha value is -2.11. The van der Waals surface area contributed by atoms with E-state index in [9.17, 15) is 9.59 Å². The molecule has 0 spiro atoms. The second-order valence-electron chi connectivity index (χ2n) is 5.50. The summed E-state index contributed by atoms with van der Waals surface area (Å²) >= 11 is 0. The predicted molar refractivity (Wildman–Crippen MR) is 83.2 cm³/mol. The average Bonchev–Trinajstić information content (AvgIpc) is 2.50. The number of rotatable bonds is 7. The molecule has 1 aromatic heterocycles. The van der Waals surface area contributed by atoms with E-state index in [2.05, 4.69) is 27.9 Å². The maximum absolute atomic E-state index is 12.1. The van der Waals surface area contributed by atoms with Crippen LogP contribution in [0.2, 0.25) is 0 Å². The van der Waals surface area contributed by atoms with Crippen molar-refractivity contribution in [1.82, 2.24) is 15.6 Å². The molecule has 0 bridgehead atoms. The van der Waals surface area contributed by atoms with Gasteiger partial charge in [0.2, 0.25) is 5.91 Å². The van der Waals surface area contributed by atoms with Crippen molar-refractivity contribution in [2.45, 2.75) is 27.2 Å². The summed E-state index contributed by atoms with van der Waals surface area (Å²) in [6.45, 7) is 6.71. The number of pyridine rings is 1. The lowest BCUT2D eigenvalue weighted by atomic mass is 9.92. The molecule has 116 valence electrons. The summed E-state index contributed by atoms with van der Waals surface area (Å²) in [4.78, 5) is 28.0. The van der Waals surface area contributed by atoms with E-state index < -0.39 is 5.41 Å². The average molecular weight is 292 g/mol. The SMILES string of the molecule is CCCNc1cc(C(=O)NCC(C)(C)C(=O)NC)ccn1. The lowest BCUT2D eigenvalue weighted by Crippen LogP contribution is -2.43. The highest BCUT2D eigenvalue weighted by molar-refractivity contribution is 5.95. The third-order valence-corrected chi connectivity index (χ3v) is 3.11. The van der Waals surface area contributed by atoms with E-state index in [0.29, 0.717) is 11.4 Å². The highest BCUT2D eigenvalue weighted by Crippen LogP contribution is 2.14. The summed E-state index contributed by atoms with van der Waals surface area (Å²) in [5.74, 6) is 0.354. The van der Waals surface area contributed by atoms with Gasteiger partial charge in [0.25, 0.3) is 5.91 Å². The number of anilines is 1. The second kappa shape index (κ2) is 7.61. The number of carbonyl (C=O) groups is 2. The molecular formula is C15H24N4O2. The maximum atomic E-state index is 12.1. The summed E-state index contributed by atoms with van der Waals surface area (Å²) in [6, 6.07) is 3.36.